The van der Waals surface area contributed by atoms with Gasteiger partial charge in [-0.05, 0) is 62.4 Å². The molecule has 0 fully saturated rings. The van der Waals surface area contributed by atoms with Gasteiger partial charge in [0, 0.05) is 24.3 Å². The third-order valence-electron chi connectivity index (χ3n) is 6.04. The van der Waals surface area contributed by atoms with Crippen molar-refractivity contribution in [2.24, 2.45) is 0 Å². The molecule has 2 aromatic carbocycles. The summed E-state index contributed by atoms with van der Waals surface area (Å²) in [6, 6.07) is 12.5. The molecule has 46 heavy (non-hydrogen) atoms. The normalized spacial score (nSPS) is 11.2. The lowest BCUT2D eigenvalue weighted by Gasteiger charge is -2.15. The van der Waals surface area contributed by atoms with Crippen LogP contribution in [0.1, 0.15) is 43.8 Å². The molecule has 0 saturated heterocycles. The summed E-state index contributed by atoms with van der Waals surface area (Å²) in [5, 5.41) is 9.97. The number of hydrogen-bond donors (Lipinski definition) is 3. The number of phenols is 1. The highest BCUT2D eigenvalue weighted by atomic mass is 31.2. The van der Waals surface area contributed by atoms with E-state index in [2.05, 4.69) is 4.52 Å². The first kappa shape index (κ1) is 35.3. The van der Waals surface area contributed by atoms with Gasteiger partial charge in [-0.3, -0.25) is 19.4 Å². The van der Waals surface area contributed by atoms with Gasteiger partial charge in [0.2, 0.25) is 0 Å². The standard InChI is InChI=1S/C16H17O8P.C16H16O5/c1-10-4-5-11(23-10)6-7-13(17)16-14(22-3)8-12(21-2)9-15(16)24-25(18,19)20;1-10-4-5-11(21-10)6-7-13(17)16-14(18)8-12(19-2)9-15(16)20-3/h4-9H,1-3H3,(H2,18,19,20);4-9,18H,1-3H3/b2*7-6+. The molecule has 4 rings (SSSR count). The lowest BCUT2D eigenvalue weighted by atomic mass is 10.1. The van der Waals surface area contributed by atoms with Crippen molar-refractivity contribution >= 4 is 31.5 Å². The molecule has 0 unspecified atom stereocenters. The SMILES string of the molecule is COc1cc(O)c(C(=O)/C=C/c2ccc(C)o2)c(OC)c1.COc1cc(OC)c(C(=O)/C=C/c2ccc(C)o2)c(OP(=O)(O)O)c1. The van der Waals surface area contributed by atoms with Crippen molar-refractivity contribution in [3.8, 4) is 34.5 Å². The Hall–Kier alpha value is -5.23. The lowest BCUT2D eigenvalue weighted by molar-refractivity contribution is 0.103. The second-order valence-electron chi connectivity index (χ2n) is 9.30. The molecule has 0 aliphatic rings. The summed E-state index contributed by atoms with van der Waals surface area (Å²) < 4.78 is 46.8. The number of phenolic OH excluding ortho intramolecular Hbond substituents is 1. The number of allylic oxidation sites excluding steroid dienone is 2. The van der Waals surface area contributed by atoms with Gasteiger partial charge in [0.05, 0.1) is 28.4 Å². The highest BCUT2D eigenvalue weighted by Crippen LogP contribution is 2.44. The molecular formula is C32H33O13P. The van der Waals surface area contributed by atoms with E-state index in [9.17, 15) is 19.3 Å². The molecule has 0 radical (unpaired) electrons. The topological polar surface area (TPSA) is 184 Å². The van der Waals surface area contributed by atoms with E-state index in [1.54, 1.807) is 37.3 Å². The highest BCUT2D eigenvalue weighted by Gasteiger charge is 2.25. The predicted octanol–water partition coefficient (Wildman–Crippen LogP) is 6.18. The first-order valence-electron chi connectivity index (χ1n) is 13.3. The summed E-state index contributed by atoms with van der Waals surface area (Å²) in [4.78, 5) is 42.9. The lowest BCUT2D eigenvalue weighted by Crippen LogP contribution is -2.04. The van der Waals surface area contributed by atoms with E-state index in [1.165, 1.54) is 70.9 Å². The molecule has 244 valence electrons. The predicted molar refractivity (Wildman–Crippen MR) is 167 cm³/mol. The van der Waals surface area contributed by atoms with Crippen molar-refractivity contribution in [2.45, 2.75) is 13.8 Å². The summed E-state index contributed by atoms with van der Waals surface area (Å²) >= 11 is 0. The van der Waals surface area contributed by atoms with Gasteiger partial charge in [0.25, 0.3) is 0 Å². The molecule has 14 heteroatoms. The Kier molecular flexibility index (Phi) is 12.0. The maximum absolute atomic E-state index is 12.5. The van der Waals surface area contributed by atoms with Crippen molar-refractivity contribution in [3.05, 3.63) is 94.9 Å². The summed E-state index contributed by atoms with van der Waals surface area (Å²) in [6.45, 7) is 3.58. The molecular weight excluding hydrogens is 623 g/mol. The average molecular weight is 657 g/mol. The number of carbonyl (C=O) groups is 2. The first-order valence-corrected chi connectivity index (χ1v) is 14.8. The fourth-order valence-corrected chi connectivity index (χ4v) is 4.36. The number of ether oxygens (including phenoxy) is 4. The van der Waals surface area contributed by atoms with E-state index in [-0.39, 0.29) is 45.7 Å². The van der Waals surface area contributed by atoms with Crippen LogP contribution in [-0.4, -0.2) is 54.9 Å². The monoisotopic (exact) mass is 656 g/mol. The largest absolute Gasteiger partial charge is 0.524 e. The summed E-state index contributed by atoms with van der Waals surface area (Å²) in [5.41, 5.74) is -0.0658. The Morgan fingerprint density at radius 1 is 0.674 bits per heavy atom. The summed E-state index contributed by atoms with van der Waals surface area (Å²) in [6.07, 6.45) is 5.48. The Balaban J connectivity index is 0.000000254. The number of rotatable bonds is 12. The first-order chi connectivity index (χ1) is 21.8. The minimum absolute atomic E-state index is 0.0491. The molecule has 0 amide bonds. The van der Waals surface area contributed by atoms with E-state index in [4.69, 9.17) is 37.6 Å². The van der Waals surface area contributed by atoms with Gasteiger partial charge in [-0.2, -0.15) is 0 Å². The number of methoxy groups -OCH3 is 4. The number of benzene rings is 2. The van der Waals surface area contributed by atoms with Crippen LogP contribution in [0.3, 0.4) is 0 Å². The summed E-state index contributed by atoms with van der Waals surface area (Å²) in [7, 11) is 0.664. The zero-order valence-corrected chi connectivity index (χ0v) is 26.7. The molecule has 0 aliphatic heterocycles. The van der Waals surface area contributed by atoms with E-state index >= 15 is 0 Å². The smallest absolute Gasteiger partial charge is 0.507 e. The summed E-state index contributed by atoms with van der Waals surface area (Å²) in [5.74, 6) is 1.85. The second kappa shape index (κ2) is 15.7. The fraction of sp³-hybridized carbons (Fsp3) is 0.188. The van der Waals surface area contributed by atoms with Gasteiger partial charge >= 0.3 is 7.82 Å². The van der Waals surface area contributed by atoms with Crippen LogP contribution in [0.5, 0.6) is 34.5 Å². The molecule has 0 saturated carbocycles. The Morgan fingerprint density at radius 3 is 1.52 bits per heavy atom. The minimum atomic E-state index is -4.89. The number of phosphoric acid groups is 1. The molecule has 0 atom stereocenters. The van der Waals surface area contributed by atoms with Gasteiger partial charge in [-0.25, -0.2) is 4.57 Å². The van der Waals surface area contributed by atoms with E-state index in [1.807, 2.05) is 6.92 Å². The number of phosphoric ester groups is 1. The van der Waals surface area contributed by atoms with Gasteiger partial charge in [0.15, 0.2) is 11.6 Å². The number of ketones is 2. The fourth-order valence-electron chi connectivity index (χ4n) is 3.96. The minimum Gasteiger partial charge on any atom is -0.507 e. The number of carbonyl (C=O) groups excluding carboxylic acids is 2. The van der Waals surface area contributed by atoms with Crippen molar-refractivity contribution in [1.29, 1.82) is 0 Å². The average Bonchev–Trinajstić information content (AvgIpc) is 3.63. The molecule has 0 aliphatic carbocycles. The van der Waals surface area contributed by atoms with Crippen LogP contribution in [0.2, 0.25) is 0 Å². The van der Waals surface area contributed by atoms with Crippen LogP contribution in [0.15, 0.2) is 69.5 Å². The molecule has 13 nitrogen and oxygen atoms in total. The van der Waals surface area contributed by atoms with E-state index in [0.717, 1.165) is 5.76 Å². The highest BCUT2D eigenvalue weighted by molar-refractivity contribution is 7.46. The quantitative estimate of drug-likeness (QED) is 0.0893. The van der Waals surface area contributed by atoms with Crippen LogP contribution in [0, 0.1) is 13.8 Å². The van der Waals surface area contributed by atoms with Crippen LogP contribution in [0.4, 0.5) is 0 Å². The van der Waals surface area contributed by atoms with Crippen LogP contribution in [-0.2, 0) is 4.57 Å². The number of hydrogen-bond acceptors (Lipinski definition) is 11. The van der Waals surface area contributed by atoms with Gasteiger partial charge < -0.3 is 37.4 Å². The third-order valence-corrected chi connectivity index (χ3v) is 6.47. The third kappa shape index (κ3) is 9.63. The van der Waals surface area contributed by atoms with Crippen LogP contribution in [0.25, 0.3) is 12.2 Å². The van der Waals surface area contributed by atoms with E-state index in [0.29, 0.717) is 23.0 Å². The zero-order chi connectivity index (χ0) is 34.0. The maximum Gasteiger partial charge on any atom is 0.524 e. The van der Waals surface area contributed by atoms with Crippen LogP contribution < -0.4 is 23.5 Å². The van der Waals surface area contributed by atoms with Gasteiger partial charge in [-0.1, -0.05) is 0 Å². The van der Waals surface area contributed by atoms with Crippen molar-refractivity contribution in [1.82, 2.24) is 0 Å². The van der Waals surface area contributed by atoms with Gasteiger partial charge in [-0.15, -0.1) is 0 Å². The molecule has 3 N–H and O–H groups in total. The molecule has 4 aromatic rings. The number of aromatic hydroxyl groups is 1. The Labute approximate surface area is 264 Å². The second-order valence-corrected chi connectivity index (χ2v) is 10.5. The maximum atomic E-state index is 12.5. The number of aryl methyl sites for hydroxylation is 2. The molecule has 0 bridgehead atoms. The van der Waals surface area contributed by atoms with Gasteiger partial charge in [0.1, 0.15) is 68.7 Å². The van der Waals surface area contributed by atoms with Crippen molar-refractivity contribution < 1.29 is 61.4 Å². The molecule has 0 spiro atoms. The van der Waals surface area contributed by atoms with Crippen LogP contribution >= 0.6 is 7.82 Å². The molecule has 2 heterocycles. The Morgan fingerprint density at radius 2 is 1.11 bits per heavy atom. The molecule has 2 aromatic heterocycles. The van der Waals surface area contributed by atoms with E-state index < -0.39 is 13.6 Å². The zero-order valence-electron chi connectivity index (χ0n) is 25.8. The Bertz CT molecular complexity index is 1790. The van der Waals surface area contributed by atoms with Crippen molar-refractivity contribution in [2.75, 3.05) is 28.4 Å². The van der Waals surface area contributed by atoms with Crippen molar-refractivity contribution in [3.63, 3.8) is 0 Å². The number of furan rings is 2.